The van der Waals surface area contributed by atoms with Crippen LogP contribution in [-0.2, 0) is 12.8 Å². The molecule has 2 heterocycles. The average Bonchev–Trinajstić information content (AvgIpc) is 2.93. The quantitative estimate of drug-likeness (QED) is 0.859. The summed E-state index contributed by atoms with van der Waals surface area (Å²) < 4.78 is 0. The Hall–Kier alpha value is -1.03. The van der Waals surface area contributed by atoms with Gasteiger partial charge >= 0.3 is 5.97 Å². The van der Waals surface area contributed by atoms with Gasteiger partial charge in [0.05, 0.1) is 5.00 Å². The Morgan fingerprint density at radius 3 is 2.50 bits per heavy atom. The molecule has 1 N–H and O–H groups in total. The third-order valence-corrected chi connectivity index (χ3v) is 4.86. The number of carboxylic acids is 1. The monoisotopic (exact) mass is 237 g/mol. The number of carboxylic acid groups (broad SMARTS) is 1. The fourth-order valence-corrected chi connectivity index (χ4v) is 4.09. The van der Waals surface area contributed by atoms with Crippen LogP contribution in [-0.4, -0.2) is 24.2 Å². The Kier molecular flexibility index (Phi) is 2.39. The molecule has 0 unspecified atom stereocenters. The zero-order valence-electron chi connectivity index (χ0n) is 9.16. The van der Waals surface area contributed by atoms with E-state index in [-0.39, 0.29) is 0 Å². The van der Waals surface area contributed by atoms with Crippen molar-refractivity contribution in [1.82, 2.24) is 0 Å². The first kappa shape index (κ1) is 10.1. The van der Waals surface area contributed by atoms with Gasteiger partial charge in [-0.05, 0) is 43.2 Å². The van der Waals surface area contributed by atoms with E-state index in [0.717, 1.165) is 37.9 Å². The van der Waals surface area contributed by atoms with Crippen molar-refractivity contribution in [2.24, 2.45) is 0 Å². The number of hydrogen-bond donors (Lipinski definition) is 1. The molecule has 4 heteroatoms. The van der Waals surface area contributed by atoms with Crippen molar-refractivity contribution in [2.45, 2.75) is 32.1 Å². The maximum atomic E-state index is 11.2. The minimum atomic E-state index is -0.742. The number of carbonyl (C=O) groups is 1. The summed E-state index contributed by atoms with van der Waals surface area (Å²) in [5.41, 5.74) is 2.46. The molecule has 0 aromatic carbocycles. The van der Waals surface area contributed by atoms with Crippen LogP contribution in [0.5, 0.6) is 0 Å². The second-order valence-electron chi connectivity index (χ2n) is 4.55. The molecule has 0 spiro atoms. The summed E-state index contributed by atoms with van der Waals surface area (Å²) in [4.78, 5) is 14.1. The first-order valence-electron chi connectivity index (χ1n) is 5.90. The van der Waals surface area contributed by atoms with Crippen molar-refractivity contribution < 1.29 is 9.90 Å². The van der Waals surface area contributed by atoms with Crippen molar-refractivity contribution in [1.29, 1.82) is 0 Å². The minimum absolute atomic E-state index is 0.592. The van der Waals surface area contributed by atoms with Gasteiger partial charge < -0.3 is 10.0 Å². The summed E-state index contributed by atoms with van der Waals surface area (Å²) in [5.74, 6) is -0.742. The lowest BCUT2D eigenvalue weighted by Gasteiger charge is -2.16. The summed E-state index contributed by atoms with van der Waals surface area (Å²) in [6, 6.07) is 0. The van der Waals surface area contributed by atoms with Gasteiger partial charge in [0.15, 0.2) is 0 Å². The van der Waals surface area contributed by atoms with E-state index in [2.05, 4.69) is 4.90 Å². The van der Waals surface area contributed by atoms with Crippen LogP contribution in [0.2, 0.25) is 0 Å². The highest BCUT2D eigenvalue weighted by atomic mass is 32.1. The molecule has 2 aliphatic rings. The molecule has 16 heavy (non-hydrogen) atoms. The third-order valence-electron chi connectivity index (χ3n) is 3.54. The van der Waals surface area contributed by atoms with E-state index in [0.29, 0.717) is 4.88 Å². The predicted molar refractivity (Wildman–Crippen MR) is 64.8 cm³/mol. The van der Waals surface area contributed by atoms with Crippen molar-refractivity contribution in [2.75, 3.05) is 18.0 Å². The van der Waals surface area contributed by atoms with E-state index >= 15 is 0 Å². The van der Waals surface area contributed by atoms with Gasteiger partial charge in [-0.2, -0.15) is 0 Å². The Morgan fingerprint density at radius 2 is 1.81 bits per heavy atom. The van der Waals surface area contributed by atoms with Crippen molar-refractivity contribution in [3.63, 3.8) is 0 Å². The highest BCUT2D eigenvalue weighted by molar-refractivity contribution is 7.18. The molecular weight excluding hydrogens is 222 g/mol. The van der Waals surface area contributed by atoms with Crippen molar-refractivity contribution in [3.8, 4) is 0 Å². The number of rotatable bonds is 2. The molecule has 1 saturated heterocycles. The van der Waals surface area contributed by atoms with E-state index in [4.69, 9.17) is 0 Å². The zero-order chi connectivity index (χ0) is 11.1. The molecule has 3 rings (SSSR count). The van der Waals surface area contributed by atoms with E-state index in [9.17, 15) is 9.90 Å². The number of thiophene rings is 1. The zero-order valence-corrected chi connectivity index (χ0v) is 9.98. The summed E-state index contributed by atoms with van der Waals surface area (Å²) in [6.45, 7) is 2.21. The number of hydrogen-bond acceptors (Lipinski definition) is 3. The van der Waals surface area contributed by atoms with E-state index in [1.54, 1.807) is 0 Å². The van der Waals surface area contributed by atoms with Gasteiger partial charge in [0.25, 0.3) is 0 Å². The van der Waals surface area contributed by atoms with Crippen LogP contribution < -0.4 is 4.90 Å². The summed E-state index contributed by atoms with van der Waals surface area (Å²) in [6.07, 6.45) is 5.65. The minimum Gasteiger partial charge on any atom is -0.477 e. The van der Waals surface area contributed by atoms with Crippen LogP contribution in [0.25, 0.3) is 0 Å². The van der Waals surface area contributed by atoms with E-state index < -0.39 is 5.97 Å². The van der Waals surface area contributed by atoms with Gasteiger partial charge in [0, 0.05) is 13.1 Å². The second kappa shape index (κ2) is 3.77. The number of fused-ring (bicyclic) bond motifs is 1. The third kappa shape index (κ3) is 1.44. The van der Waals surface area contributed by atoms with Crippen LogP contribution in [0.1, 0.15) is 40.1 Å². The van der Waals surface area contributed by atoms with Crippen LogP contribution in [0.4, 0.5) is 5.00 Å². The smallest absolute Gasteiger partial charge is 0.346 e. The molecule has 0 radical (unpaired) electrons. The van der Waals surface area contributed by atoms with Crippen LogP contribution in [0.3, 0.4) is 0 Å². The van der Waals surface area contributed by atoms with Crippen LogP contribution in [0, 0.1) is 0 Å². The Labute approximate surface area is 98.7 Å². The van der Waals surface area contributed by atoms with Gasteiger partial charge in [0.1, 0.15) is 4.88 Å². The standard InChI is InChI=1S/C12H15NO2S/c14-12(15)10-8-4-3-5-9(8)11(16-10)13-6-1-2-7-13/h1-7H2,(H,14,15). The summed E-state index contributed by atoms with van der Waals surface area (Å²) >= 11 is 1.49. The normalized spacial score (nSPS) is 19.1. The lowest BCUT2D eigenvalue weighted by Crippen LogP contribution is -2.17. The molecule has 0 atom stereocenters. The molecule has 3 nitrogen and oxygen atoms in total. The Morgan fingerprint density at radius 1 is 1.12 bits per heavy atom. The van der Waals surface area contributed by atoms with Gasteiger partial charge in [-0.1, -0.05) is 0 Å². The lowest BCUT2D eigenvalue weighted by molar-refractivity contribution is 0.0701. The second-order valence-corrected chi connectivity index (χ2v) is 5.55. The molecule has 1 aliphatic carbocycles. The first-order chi connectivity index (χ1) is 7.77. The fraction of sp³-hybridized carbons (Fsp3) is 0.583. The average molecular weight is 237 g/mol. The molecular formula is C12H15NO2S. The number of anilines is 1. The van der Waals surface area contributed by atoms with E-state index in [1.165, 1.54) is 34.7 Å². The largest absolute Gasteiger partial charge is 0.477 e. The fourth-order valence-electron chi connectivity index (χ4n) is 2.80. The highest BCUT2D eigenvalue weighted by Crippen LogP contribution is 2.42. The van der Waals surface area contributed by atoms with Gasteiger partial charge in [-0.25, -0.2) is 4.79 Å². The first-order valence-corrected chi connectivity index (χ1v) is 6.72. The topological polar surface area (TPSA) is 40.5 Å². The number of aromatic carboxylic acids is 1. The maximum Gasteiger partial charge on any atom is 0.346 e. The van der Waals surface area contributed by atoms with Gasteiger partial charge in [-0.15, -0.1) is 11.3 Å². The Balaban J connectivity index is 2.05. The molecule has 86 valence electrons. The molecule has 0 amide bonds. The predicted octanol–water partition coefficient (Wildman–Crippen LogP) is 2.54. The van der Waals surface area contributed by atoms with Crippen molar-refractivity contribution >= 4 is 22.3 Å². The molecule has 1 fully saturated rings. The summed E-state index contributed by atoms with van der Waals surface area (Å²) in [7, 11) is 0. The lowest BCUT2D eigenvalue weighted by atomic mass is 10.2. The molecule has 1 aromatic rings. The molecule has 0 saturated carbocycles. The molecule has 0 bridgehead atoms. The SMILES string of the molecule is O=C(O)c1sc(N2CCCC2)c2c1CCC2. The van der Waals surface area contributed by atoms with Crippen LogP contribution >= 0.6 is 11.3 Å². The van der Waals surface area contributed by atoms with Gasteiger partial charge in [-0.3, -0.25) is 0 Å². The molecule has 1 aliphatic heterocycles. The molecule has 1 aromatic heterocycles. The van der Waals surface area contributed by atoms with Crippen LogP contribution in [0.15, 0.2) is 0 Å². The Bertz CT molecular complexity index is 432. The van der Waals surface area contributed by atoms with Gasteiger partial charge in [0.2, 0.25) is 0 Å². The van der Waals surface area contributed by atoms with Crippen molar-refractivity contribution in [3.05, 3.63) is 16.0 Å². The number of nitrogens with zero attached hydrogens (tertiary/aromatic N) is 1. The summed E-state index contributed by atoms with van der Waals surface area (Å²) in [5, 5.41) is 10.4. The maximum absolute atomic E-state index is 11.2. The van der Waals surface area contributed by atoms with E-state index in [1.807, 2.05) is 0 Å². The highest BCUT2D eigenvalue weighted by Gasteiger charge is 2.29.